The van der Waals surface area contributed by atoms with Crippen LogP contribution in [0.25, 0.3) is 16.6 Å². The van der Waals surface area contributed by atoms with Crippen molar-refractivity contribution in [2.24, 2.45) is 11.3 Å². The first kappa shape index (κ1) is 20.2. The molecule has 7 heteroatoms. The molecule has 6 rings (SSSR count). The maximum absolute atomic E-state index is 12.6. The van der Waals surface area contributed by atoms with Crippen LogP contribution in [0.4, 0.5) is 0 Å². The number of pyridine rings is 1. The van der Waals surface area contributed by atoms with Gasteiger partial charge in [-0.2, -0.15) is 0 Å². The van der Waals surface area contributed by atoms with Crippen LogP contribution in [0.15, 0.2) is 59.5 Å². The average molecular weight is 442 g/mol. The average Bonchev–Trinajstić information content (AvgIpc) is 3.49. The first-order chi connectivity index (χ1) is 16.1. The minimum atomic E-state index is -0.362. The van der Waals surface area contributed by atoms with Crippen molar-refractivity contribution in [3.8, 4) is 0 Å². The molecule has 1 spiro atoms. The van der Waals surface area contributed by atoms with E-state index in [0.717, 1.165) is 40.9 Å². The lowest BCUT2D eigenvalue weighted by atomic mass is 9.72. The van der Waals surface area contributed by atoms with Gasteiger partial charge in [0.2, 0.25) is 0 Å². The Labute approximate surface area is 191 Å². The van der Waals surface area contributed by atoms with Gasteiger partial charge in [0.25, 0.3) is 11.5 Å². The van der Waals surface area contributed by atoms with Crippen LogP contribution in [0.1, 0.15) is 47.4 Å². The molecule has 0 unspecified atom stereocenters. The number of hydrogen-bond donors (Lipinski definition) is 3. The van der Waals surface area contributed by atoms with Crippen LogP contribution in [0.2, 0.25) is 0 Å². The molecular weight excluding hydrogens is 414 g/mol. The SMILES string of the molecule is O=C(NCc1ccc2cc(CNCC3CC4(CC4)C3)[nH]c2c1)c1cc(=O)n2ccccc2n1. The molecular formula is C26H27N5O2. The standard InChI is InChI=1S/C26H27N5O2/c32-24-11-22(30-23-3-1-2-8-31(23)24)25(33)28-15-17-4-5-19-10-20(29-21(19)9-17)16-27-14-18-12-26(13-18)6-7-26/h1-5,8-11,18,27,29H,6-7,12-16H2,(H,28,33). The van der Waals surface area contributed by atoms with Crippen molar-refractivity contribution in [2.75, 3.05) is 6.54 Å². The van der Waals surface area contributed by atoms with Gasteiger partial charge in [-0.15, -0.1) is 0 Å². The molecule has 0 aliphatic heterocycles. The zero-order valence-electron chi connectivity index (χ0n) is 18.4. The van der Waals surface area contributed by atoms with E-state index in [2.05, 4.69) is 38.8 Å². The van der Waals surface area contributed by atoms with Crippen molar-refractivity contribution in [2.45, 2.75) is 38.8 Å². The highest BCUT2D eigenvalue weighted by Crippen LogP contribution is 2.63. The summed E-state index contributed by atoms with van der Waals surface area (Å²) in [4.78, 5) is 32.6. The van der Waals surface area contributed by atoms with Crippen LogP contribution in [-0.4, -0.2) is 26.8 Å². The van der Waals surface area contributed by atoms with Crippen molar-refractivity contribution in [3.05, 3.63) is 82.0 Å². The summed E-state index contributed by atoms with van der Waals surface area (Å²) in [7, 11) is 0. The summed E-state index contributed by atoms with van der Waals surface area (Å²) >= 11 is 0. The number of carbonyl (C=O) groups excluding carboxylic acids is 1. The first-order valence-electron chi connectivity index (χ1n) is 11.6. The van der Waals surface area contributed by atoms with Crippen LogP contribution < -0.4 is 16.2 Å². The normalized spacial score (nSPS) is 16.8. The maximum Gasteiger partial charge on any atom is 0.270 e. The van der Waals surface area contributed by atoms with Gasteiger partial charge in [-0.1, -0.05) is 18.2 Å². The molecule has 1 aromatic carbocycles. The third-order valence-electron chi connectivity index (χ3n) is 7.15. The van der Waals surface area contributed by atoms with E-state index in [9.17, 15) is 9.59 Å². The van der Waals surface area contributed by atoms with Crippen LogP contribution in [-0.2, 0) is 13.1 Å². The van der Waals surface area contributed by atoms with Crippen molar-refractivity contribution < 1.29 is 4.79 Å². The summed E-state index contributed by atoms with van der Waals surface area (Å²) in [5.74, 6) is 0.486. The van der Waals surface area contributed by atoms with Gasteiger partial charge in [-0.25, -0.2) is 4.98 Å². The van der Waals surface area contributed by atoms with E-state index in [0.29, 0.717) is 12.2 Å². The zero-order valence-corrected chi connectivity index (χ0v) is 18.4. The fourth-order valence-corrected chi connectivity index (χ4v) is 5.19. The maximum atomic E-state index is 12.6. The number of rotatable bonds is 7. The molecule has 2 fully saturated rings. The predicted octanol–water partition coefficient (Wildman–Crippen LogP) is 3.39. The Morgan fingerprint density at radius 2 is 2.00 bits per heavy atom. The number of nitrogens with one attached hydrogen (secondary N) is 3. The molecule has 3 N–H and O–H groups in total. The molecule has 3 heterocycles. The Hall–Kier alpha value is -3.45. The number of aromatic amines is 1. The molecule has 33 heavy (non-hydrogen) atoms. The van der Waals surface area contributed by atoms with E-state index in [-0.39, 0.29) is 17.2 Å². The summed E-state index contributed by atoms with van der Waals surface area (Å²) < 4.78 is 1.41. The fourth-order valence-electron chi connectivity index (χ4n) is 5.19. The van der Waals surface area contributed by atoms with Gasteiger partial charge in [0.15, 0.2) is 0 Å². The number of H-pyrrole nitrogens is 1. The van der Waals surface area contributed by atoms with Gasteiger partial charge in [0, 0.05) is 36.6 Å². The number of benzene rings is 1. The van der Waals surface area contributed by atoms with Gasteiger partial charge in [0.1, 0.15) is 11.3 Å². The molecule has 2 aliphatic rings. The molecule has 7 nitrogen and oxygen atoms in total. The molecule has 4 aromatic rings. The summed E-state index contributed by atoms with van der Waals surface area (Å²) in [6, 6.07) is 14.8. The molecule has 1 amide bonds. The lowest BCUT2D eigenvalue weighted by Gasteiger charge is -2.36. The number of nitrogens with zero attached hydrogens (tertiary/aromatic N) is 2. The monoisotopic (exact) mass is 441 g/mol. The largest absolute Gasteiger partial charge is 0.357 e. The molecule has 0 saturated heterocycles. The lowest BCUT2D eigenvalue weighted by Crippen LogP contribution is -2.33. The van der Waals surface area contributed by atoms with E-state index in [1.165, 1.54) is 41.8 Å². The first-order valence-corrected chi connectivity index (χ1v) is 11.6. The van der Waals surface area contributed by atoms with Crippen LogP contribution in [0.5, 0.6) is 0 Å². The van der Waals surface area contributed by atoms with E-state index in [1.807, 2.05) is 6.07 Å². The highest BCUT2D eigenvalue weighted by molar-refractivity contribution is 5.92. The Bertz CT molecular complexity index is 1410. The molecule has 168 valence electrons. The topological polar surface area (TPSA) is 91.3 Å². The summed E-state index contributed by atoms with van der Waals surface area (Å²) in [5.41, 5.74) is 4.28. The van der Waals surface area contributed by atoms with E-state index in [1.54, 1.807) is 24.4 Å². The number of fused-ring (bicyclic) bond motifs is 2. The molecule has 3 aromatic heterocycles. The second-order valence-corrected chi connectivity index (χ2v) is 9.71. The van der Waals surface area contributed by atoms with Crippen LogP contribution in [0, 0.1) is 11.3 Å². The third-order valence-corrected chi connectivity index (χ3v) is 7.15. The van der Waals surface area contributed by atoms with Gasteiger partial charge in [-0.3, -0.25) is 14.0 Å². The Morgan fingerprint density at radius 3 is 2.85 bits per heavy atom. The molecule has 0 radical (unpaired) electrons. The van der Waals surface area contributed by atoms with E-state index < -0.39 is 0 Å². The summed E-state index contributed by atoms with van der Waals surface area (Å²) in [6.45, 7) is 2.30. The van der Waals surface area contributed by atoms with Gasteiger partial charge < -0.3 is 15.6 Å². The summed E-state index contributed by atoms with van der Waals surface area (Å²) in [5, 5.41) is 7.63. The Balaban J connectivity index is 1.07. The Morgan fingerprint density at radius 1 is 1.12 bits per heavy atom. The molecule has 2 aliphatic carbocycles. The van der Waals surface area contributed by atoms with Crippen molar-refractivity contribution in [3.63, 3.8) is 0 Å². The van der Waals surface area contributed by atoms with Gasteiger partial charge >= 0.3 is 0 Å². The number of carbonyl (C=O) groups is 1. The van der Waals surface area contributed by atoms with Gasteiger partial charge in [0.05, 0.1) is 0 Å². The van der Waals surface area contributed by atoms with Crippen molar-refractivity contribution in [1.82, 2.24) is 25.0 Å². The third kappa shape index (κ3) is 4.04. The number of aromatic nitrogens is 3. The molecule has 0 bridgehead atoms. The van der Waals surface area contributed by atoms with E-state index >= 15 is 0 Å². The van der Waals surface area contributed by atoms with Crippen LogP contribution in [0.3, 0.4) is 0 Å². The minimum absolute atomic E-state index is 0.125. The summed E-state index contributed by atoms with van der Waals surface area (Å²) in [6.07, 6.45) is 7.35. The second kappa shape index (κ2) is 7.85. The molecule has 0 atom stereocenters. The lowest BCUT2D eigenvalue weighted by molar-refractivity contribution is 0.0946. The van der Waals surface area contributed by atoms with Crippen LogP contribution >= 0.6 is 0 Å². The molecule has 2 saturated carbocycles. The van der Waals surface area contributed by atoms with E-state index in [4.69, 9.17) is 0 Å². The minimum Gasteiger partial charge on any atom is -0.357 e. The van der Waals surface area contributed by atoms with Crippen molar-refractivity contribution >= 4 is 22.5 Å². The quantitative estimate of drug-likeness (QED) is 0.410. The Kier molecular flexibility index (Phi) is 4.80. The number of amides is 1. The zero-order chi connectivity index (χ0) is 22.4. The second-order valence-electron chi connectivity index (χ2n) is 9.71. The highest BCUT2D eigenvalue weighted by atomic mass is 16.2. The fraction of sp³-hybridized carbons (Fsp3) is 0.346. The smallest absolute Gasteiger partial charge is 0.270 e. The highest BCUT2D eigenvalue weighted by Gasteiger charge is 2.52. The number of hydrogen-bond acceptors (Lipinski definition) is 4. The van der Waals surface area contributed by atoms with Crippen molar-refractivity contribution in [1.29, 1.82) is 0 Å². The predicted molar refractivity (Wildman–Crippen MR) is 127 cm³/mol. The van der Waals surface area contributed by atoms with Gasteiger partial charge in [-0.05, 0) is 78.8 Å².